The van der Waals surface area contributed by atoms with Crippen LogP contribution < -0.4 is 5.32 Å². The van der Waals surface area contributed by atoms with Crippen molar-refractivity contribution in [3.8, 4) is 0 Å². The first-order chi connectivity index (χ1) is 10.0. The summed E-state index contributed by atoms with van der Waals surface area (Å²) in [5.41, 5.74) is 0.253. The number of nitrogens with zero attached hydrogens (tertiary/aromatic N) is 1. The van der Waals surface area contributed by atoms with Crippen LogP contribution in [-0.2, 0) is 11.3 Å². The van der Waals surface area contributed by atoms with E-state index in [2.05, 4.69) is 10.1 Å². The second kappa shape index (κ2) is 6.04. The Morgan fingerprint density at radius 2 is 2.19 bits per heavy atom. The van der Waals surface area contributed by atoms with E-state index in [1.165, 1.54) is 24.3 Å². The molecule has 1 aromatic carbocycles. The molecule has 0 aliphatic heterocycles. The minimum atomic E-state index is -0.787. The van der Waals surface area contributed by atoms with Gasteiger partial charge in [-0.1, -0.05) is 0 Å². The van der Waals surface area contributed by atoms with E-state index in [1.54, 1.807) is 0 Å². The minimum Gasteiger partial charge on any atom is -0.465 e. The van der Waals surface area contributed by atoms with Crippen LogP contribution in [0.25, 0.3) is 0 Å². The number of rotatable bonds is 5. The van der Waals surface area contributed by atoms with Crippen molar-refractivity contribution in [2.45, 2.75) is 6.54 Å². The number of anilines is 1. The lowest BCUT2D eigenvalue weighted by molar-refractivity contribution is -0.402. The molecule has 0 bridgehead atoms. The van der Waals surface area contributed by atoms with Crippen LogP contribution in [-0.4, -0.2) is 18.0 Å². The first-order valence-corrected chi connectivity index (χ1v) is 5.86. The first-order valence-electron chi connectivity index (χ1n) is 5.86. The van der Waals surface area contributed by atoms with Crippen molar-refractivity contribution in [2.75, 3.05) is 12.4 Å². The summed E-state index contributed by atoms with van der Waals surface area (Å²) >= 11 is 0. The number of methoxy groups -OCH3 is 1. The molecule has 0 aliphatic carbocycles. The topological polar surface area (TPSA) is 94.6 Å². The molecule has 0 fully saturated rings. The molecule has 0 spiro atoms. The molecular weight excluding hydrogens is 283 g/mol. The summed E-state index contributed by atoms with van der Waals surface area (Å²) in [6.45, 7) is 0.153. The Hall–Kier alpha value is -2.90. The fraction of sp³-hybridized carbons (Fsp3) is 0.154. The van der Waals surface area contributed by atoms with Crippen LogP contribution in [0.5, 0.6) is 0 Å². The number of ether oxygens (including phenoxy) is 1. The Morgan fingerprint density at radius 1 is 1.43 bits per heavy atom. The number of benzene rings is 1. The van der Waals surface area contributed by atoms with Crippen molar-refractivity contribution in [1.29, 1.82) is 0 Å². The van der Waals surface area contributed by atoms with Gasteiger partial charge in [-0.15, -0.1) is 0 Å². The van der Waals surface area contributed by atoms with Crippen LogP contribution in [0.3, 0.4) is 0 Å². The Bertz CT molecular complexity index is 683. The SMILES string of the molecule is COC(=O)c1cc(NCc2ccc([N+](=O)[O-])o2)ccc1F. The molecule has 0 saturated heterocycles. The number of esters is 1. The number of carbonyl (C=O) groups is 1. The maximum Gasteiger partial charge on any atom is 0.433 e. The van der Waals surface area contributed by atoms with Gasteiger partial charge in [-0.25, -0.2) is 9.18 Å². The van der Waals surface area contributed by atoms with Gasteiger partial charge in [0.25, 0.3) is 0 Å². The predicted octanol–water partition coefficient (Wildman–Crippen LogP) is 2.73. The van der Waals surface area contributed by atoms with E-state index in [9.17, 15) is 19.3 Å². The molecule has 0 radical (unpaired) electrons. The molecule has 2 aromatic rings. The van der Waals surface area contributed by atoms with Gasteiger partial charge in [-0.3, -0.25) is 10.1 Å². The van der Waals surface area contributed by atoms with Crippen LogP contribution in [0.4, 0.5) is 16.0 Å². The van der Waals surface area contributed by atoms with Crippen molar-refractivity contribution in [3.05, 3.63) is 57.6 Å². The Morgan fingerprint density at radius 3 is 2.81 bits per heavy atom. The number of nitrogens with one attached hydrogen (secondary N) is 1. The fourth-order valence-corrected chi connectivity index (χ4v) is 1.65. The zero-order valence-electron chi connectivity index (χ0n) is 11.0. The molecular formula is C13H11FN2O5. The summed E-state index contributed by atoms with van der Waals surface area (Å²) in [5, 5.41) is 13.3. The van der Waals surface area contributed by atoms with Crippen molar-refractivity contribution < 1.29 is 23.3 Å². The molecule has 8 heteroatoms. The molecule has 0 atom stereocenters. The summed E-state index contributed by atoms with van der Waals surface area (Å²) < 4.78 is 22.9. The van der Waals surface area contributed by atoms with E-state index >= 15 is 0 Å². The van der Waals surface area contributed by atoms with Crippen LogP contribution in [0.1, 0.15) is 16.1 Å². The van der Waals surface area contributed by atoms with Crippen molar-refractivity contribution >= 4 is 17.5 Å². The Balaban J connectivity index is 2.09. The predicted molar refractivity (Wildman–Crippen MR) is 70.4 cm³/mol. The maximum atomic E-state index is 13.4. The van der Waals surface area contributed by atoms with E-state index in [0.29, 0.717) is 11.4 Å². The average Bonchev–Trinajstić information content (AvgIpc) is 2.94. The Labute approximate surface area is 118 Å². The van der Waals surface area contributed by atoms with Gasteiger partial charge in [-0.2, -0.15) is 0 Å². The van der Waals surface area contributed by atoms with Crippen molar-refractivity contribution in [1.82, 2.24) is 0 Å². The van der Waals surface area contributed by atoms with E-state index in [4.69, 9.17) is 4.42 Å². The van der Waals surface area contributed by atoms with Crippen LogP contribution in [0.2, 0.25) is 0 Å². The largest absolute Gasteiger partial charge is 0.465 e. The third-order valence-electron chi connectivity index (χ3n) is 2.67. The standard InChI is InChI=1S/C13H11FN2O5/c1-20-13(17)10-6-8(2-4-11(10)14)15-7-9-3-5-12(21-9)16(18)19/h2-6,15H,7H2,1H3. The second-order valence-corrected chi connectivity index (χ2v) is 4.04. The quantitative estimate of drug-likeness (QED) is 0.517. The van der Waals surface area contributed by atoms with Gasteiger partial charge >= 0.3 is 11.9 Å². The molecule has 0 unspecified atom stereocenters. The number of carbonyl (C=O) groups excluding carboxylic acids is 1. The molecule has 0 amide bonds. The van der Waals surface area contributed by atoms with Crippen molar-refractivity contribution in [2.24, 2.45) is 0 Å². The molecule has 110 valence electrons. The molecule has 1 aromatic heterocycles. The number of halogens is 1. The molecule has 21 heavy (non-hydrogen) atoms. The summed E-state index contributed by atoms with van der Waals surface area (Å²) in [7, 11) is 1.16. The van der Waals surface area contributed by atoms with E-state index < -0.39 is 16.7 Å². The molecule has 7 nitrogen and oxygen atoms in total. The van der Waals surface area contributed by atoms with Gasteiger partial charge in [-0.05, 0) is 24.3 Å². The molecule has 1 heterocycles. The lowest BCUT2D eigenvalue weighted by Gasteiger charge is -2.07. The normalized spacial score (nSPS) is 10.2. The van der Waals surface area contributed by atoms with E-state index in [-0.39, 0.29) is 18.0 Å². The number of hydrogen-bond acceptors (Lipinski definition) is 6. The summed E-state index contributed by atoms with van der Waals surface area (Å²) in [4.78, 5) is 21.2. The van der Waals surface area contributed by atoms with Gasteiger partial charge < -0.3 is 14.5 Å². The van der Waals surface area contributed by atoms with Crippen LogP contribution in [0.15, 0.2) is 34.7 Å². The molecule has 1 N–H and O–H groups in total. The smallest absolute Gasteiger partial charge is 0.433 e. The second-order valence-electron chi connectivity index (χ2n) is 4.04. The third kappa shape index (κ3) is 3.35. The summed E-state index contributed by atoms with van der Waals surface area (Å²) in [6.07, 6.45) is 0. The summed E-state index contributed by atoms with van der Waals surface area (Å²) in [6, 6.07) is 6.54. The summed E-state index contributed by atoms with van der Waals surface area (Å²) in [5.74, 6) is -1.50. The average molecular weight is 294 g/mol. The van der Waals surface area contributed by atoms with Crippen molar-refractivity contribution in [3.63, 3.8) is 0 Å². The third-order valence-corrected chi connectivity index (χ3v) is 2.67. The molecule has 0 saturated carbocycles. The van der Waals surface area contributed by atoms with Crippen LogP contribution >= 0.6 is 0 Å². The highest BCUT2D eigenvalue weighted by Crippen LogP contribution is 2.19. The monoisotopic (exact) mass is 294 g/mol. The zero-order chi connectivity index (χ0) is 15.4. The van der Waals surface area contributed by atoms with E-state index in [1.807, 2.05) is 0 Å². The molecule has 2 rings (SSSR count). The highest BCUT2D eigenvalue weighted by Gasteiger charge is 2.14. The van der Waals surface area contributed by atoms with Crippen LogP contribution in [0, 0.1) is 15.9 Å². The highest BCUT2D eigenvalue weighted by molar-refractivity contribution is 5.90. The minimum absolute atomic E-state index is 0.153. The lowest BCUT2D eigenvalue weighted by Crippen LogP contribution is -2.06. The Kier molecular flexibility index (Phi) is 4.17. The maximum absolute atomic E-state index is 13.4. The van der Waals surface area contributed by atoms with E-state index in [0.717, 1.165) is 13.2 Å². The van der Waals surface area contributed by atoms with Gasteiger partial charge in [0.2, 0.25) is 0 Å². The molecule has 0 aliphatic rings. The van der Waals surface area contributed by atoms with Gasteiger partial charge in [0.05, 0.1) is 25.3 Å². The van der Waals surface area contributed by atoms with Gasteiger partial charge in [0.1, 0.15) is 16.5 Å². The van der Waals surface area contributed by atoms with Gasteiger partial charge in [0, 0.05) is 5.69 Å². The highest BCUT2D eigenvalue weighted by atomic mass is 19.1. The lowest BCUT2D eigenvalue weighted by atomic mass is 10.2. The van der Waals surface area contributed by atoms with Gasteiger partial charge in [0.15, 0.2) is 0 Å². The number of furan rings is 1. The number of hydrogen-bond donors (Lipinski definition) is 1. The fourth-order valence-electron chi connectivity index (χ4n) is 1.65. The number of nitro groups is 1. The first kappa shape index (κ1) is 14.5. The zero-order valence-corrected chi connectivity index (χ0v) is 11.0.